The van der Waals surface area contributed by atoms with E-state index in [4.69, 9.17) is 0 Å². The number of carbonyl (C=O) groups excluding carboxylic acids is 1. The molecular weight excluding hydrogens is 266 g/mol. The van der Waals surface area contributed by atoms with E-state index >= 15 is 0 Å². The maximum atomic E-state index is 12.0. The van der Waals surface area contributed by atoms with Gasteiger partial charge in [0, 0.05) is 6.04 Å². The first-order valence-electron chi connectivity index (χ1n) is 6.07. The van der Waals surface area contributed by atoms with Crippen LogP contribution in [0, 0.1) is 0 Å². The lowest BCUT2D eigenvalue weighted by Gasteiger charge is -2.12. The molecule has 1 N–H and O–H groups in total. The van der Waals surface area contributed by atoms with Crippen molar-refractivity contribution < 1.29 is 17.9 Å². The molecule has 0 aromatic heterocycles. The molecule has 0 aliphatic heterocycles. The van der Waals surface area contributed by atoms with E-state index in [1.165, 1.54) is 19.2 Å². The number of benzene rings is 1. The molecule has 1 aromatic rings. The first kappa shape index (κ1) is 15.7. The third kappa shape index (κ3) is 4.65. The van der Waals surface area contributed by atoms with Crippen LogP contribution in [0.5, 0.6) is 0 Å². The zero-order valence-electron chi connectivity index (χ0n) is 11.3. The van der Waals surface area contributed by atoms with Gasteiger partial charge >= 0.3 is 5.97 Å². The highest BCUT2D eigenvalue weighted by Gasteiger charge is 2.16. The molecule has 0 aliphatic carbocycles. The van der Waals surface area contributed by atoms with Crippen LogP contribution in [0.1, 0.15) is 25.8 Å². The summed E-state index contributed by atoms with van der Waals surface area (Å²) in [5.74, 6) is -0.353. The Morgan fingerprint density at radius 3 is 2.37 bits per heavy atom. The minimum Gasteiger partial charge on any atom is -0.469 e. The molecule has 0 amide bonds. The largest absolute Gasteiger partial charge is 0.469 e. The highest BCUT2D eigenvalue weighted by Crippen LogP contribution is 2.12. The summed E-state index contributed by atoms with van der Waals surface area (Å²) in [4.78, 5) is 11.3. The van der Waals surface area contributed by atoms with Crippen LogP contribution in [0.25, 0.3) is 0 Å². The summed E-state index contributed by atoms with van der Waals surface area (Å²) in [6.07, 6.45) is 0.856. The van der Waals surface area contributed by atoms with Crippen LogP contribution in [0.15, 0.2) is 29.2 Å². The summed E-state index contributed by atoms with van der Waals surface area (Å²) < 4.78 is 31.1. The van der Waals surface area contributed by atoms with Gasteiger partial charge in [0.15, 0.2) is 0 Å². The first-order valence-corrected chi connectivity index (χ1v) is 7.55. The second-order valence-electron chi connectivity index (χ2n) is 4.33. The van der Waals surface area contributed by atoms with Crippen LogP contribution in [-0.2, 0) is 26.0 Å². The summed E-state index contributed by atoms with van der Waals surface area (Å²) in [5, 5.41) is 0. The molecule has 1 atom stereocenters. The lowest BCUT2D eigenvalue weighted by molar-refractivity contribution is -0.139. The molecule has 5 nitrogen and oxygen atoms in total. The lowest BCUT2D eigenvalue weighted by atomic mass is 10.2. The highest BCUT2D eigenvalue weighted by molar-refractivity contribution is 7.89. The van der Waals surface area contributed by atoms with Crippen molar-refractivity contribution in [3.63, 3.8) is 0 Å². The van der Waals surface area contributed by atoms with E-state index in [1.54, 1.807) is 12.1 Å². The van der Waals surface area contributed by atoms with Crippen LogP contribution in [0.2, 0.25) is 0 Å². The van der Waals surface area contributed by atoms with E-state index < -0.39 is 10.0 Å². The van der Waals surface area contributed by atoms with Crippen molar-refractivity contribution in [3.05, 3.63) is 29.8 Å². The van der Waals surface area contributed by atoms with Crippen molar-refractivity contribution >= 4 is 16.0 Å². The van der Waals surface area contributed by atoms with E-state index in [9.17, 15) is 13.2 Å². The maximum Gasteiger partial charge on any atom is 0.309 e. The predicted octanol–water partition coefficient (Wildman–Crippen LogP) is 1.48. The Morgan fingerprint density at radius 2 is 1.89 bits per heavy atom. The minimum atomic E-state index is -3.49. The monoisotopic (exact) mass is 285 g/mol. The van der Waals surface area contributed by atoms with Crippen LogP contribution < -0.4 is 4.72 Å². The number of carbonyl (C=O) groups is 1. The molecule has 0 saturated carbocycles. The van der Waals surface area contributed by atoms with Crippen molar-refractivity contribution in [2.75, 3.05) is 7.11 Å². The van der Waals surface area contributed by atoms with Gasteiger partial charge in [0.05, 0.1) is 18.4 Å². The average Bonchev–Trinajstić information content (AvgIpc) is 2.38. The van der Waals surface area contributed by atoms with E-state index in [1.807, 2.05) is 13.8 Å². The van der Waals surface area contributed by atoms with E-state index in [0.717, 1.165) is 6.42 Å². The summed E-state index contributed by atoms with van der Waals surface area (Å²) in [5.41, 5.74) is 0.717. The van der Waals surface area contributed by atoms with Gasteiger partial charge < -0.3 is 4.74 Å². The van der Waals surface area contributed by atoms with Gasteiger partial charge in [-0.2, -0.15) is 0 Å². The topological polar surface area (TPSA) is 72.5 Å². The quantitative estimate of drug-likeness (QED) is 0.804. The van der Waals surface area contributed by atoms with E-state index in [0.29, 0.717) is 5.56 Å². The Kier molecular flexibility index (Phi) is 5.50. The molecule has 1 aromatic carbocycles. The fraction of sp³-hybridized carbons (Fsp3) is 0.462. The summed E-state index contributed by atoms with van der Waals surface area (Å²) in [6.45, 7) is 3.72. The number of hydrogen-bond acceptors (Lipinski definition) is 4. The van der Waals surface area contributed by atoms with Gasteiger partial charge in [0.2, 0.25) is 10.0 Å². The van der Waals surface area contributed by atoms with Gasteiger partial charge in [0.1, 0.15) is 0 Å². The Morgan fingerprint density at radius 1 is 1.32 bits per heavy atom. The third-order valence-electron chi connectivity index (χ3n) is 2.78. The van der Waals surface area contributed by atoms with Gasteiger partial charge in [-0.05, 0) is 31.0 Å². The predicted molar refractivity (Wildman–Crippen MR) is 72.2 cm³/mol. The van der Waals surface area contributed by atoms with Crippen molar-refractivity contribution in [1.82, 2.24) is 4.72 Å². The fourth-order valence-corrected chi connectivity index (χ4v) is 2.77. The molecule has 6 heteroatoms. The molecule has 1 unspecified atom stereocenters. The third-order valence-corrected chi connectivity index (χ3v) is 4.38. The molecule has 0 aliphatic rings. The fourth-order valence-electron chi connectivity index (χ4n) is 1.44. The number of rotatable bonds is 6. The smallest absolute Gasteiger partial charge is 0.309 e. The number of sulfonamides is 1. The second-order valence-corrected chi connectivity index (χ2v) is 6.04. The van der Waals surface area contributed by atoms with Crippen LogP contribution in [-0.4, -0.2) is 27.5 Å². The standard InChI is InChI=1S/C13H19NO4S/c1-4-10(2)14-19(16,17)12-7-5-11(6-8-12)9-13(15)18-3/h5-8,10,14H,4,9H2,1-3H3. The van der Waals surface area contributed by atoms with Crippen molar-refractivity contribution in [2.24, 2.45) is 0 Å². The van der Waals surface area contributed by atoms with Crippen molar-refractivity contribution in [2.45, 2.75) is 37.6 Å². The van der Waals surface area contributed by atoms with Gasteiger partial charge in [-0.15, -0.1) is 0 Å². The first-order chi connectivity index (χ1) is 8.89. The minimum absolute atomic E-state index is 0.111. The molecule has 0 bridgehead atoms. The lowest BCUT2D eigenvalue weighted by Crippen LogP contribution is -2.31. The van der Waals surface area contributed by atoms with Gasteiger partial charge in [-0.25, -0.2) is 13.1 Å². The normalized spacial score (nSPS) is 13.0. The molecule has 0 heterocycles. The molecule has 0 fully saturated rings. The molecular formula is C13H19NO4S. The molecule has 1 rings (SSSR count). The molecule has 0 saturated heterocycles. The highest BCUT2D eigenvalue weighted by atomic mass is 32.2. The number of esters is 1. The molecule has 106 valence electrons. The number of ether oxygens (including phenoxy) is 1. The zero-order valence-corrected chi connectivity index (χ0v) is 12.2. The SMILES string of the molecule is CCC(C)NS(=O)(=O)c1ccc(CC(=O)OC)cc1. The summed E-state index contributed by atoms with van der Waals surface area (Å²) in [7, 11) is -2.17. The van der Waals surface area contributed by atoms with Gasteiger partial charge in [0.25, 0.3) is 0 Å². The second kappa shape index (κ2) is 6.68. The Labute approximate surface area is 114 Å². The Bertz CT molecular complexity index is 522. The zero-order chi connectivity index (χ0) is 14.5. The van der Waals surface area contributed by atoms with Gasteiger partial charge in [-0.3, -0.25) is 4.79 Å². The number of hydrogen-bond donors (Lipinski definition) is 1. The van der Waals surface area contributed by atoms with Crippen molar-refractivity contribution in [3.8, 4) is 0 Å². The summed E-state index contributed by atoms with van der Waals surface area (Å²) >= 11 is 0. The van der Waals surface area contributed by atoms with Crippen LogP contribution in [0.4, 0.5) is 0 Å². The average molecular weight is 285 g/mol. The number of methoxy groups -OCH3 is 1. The van der Waals surface area contributed by atoms with Crippen LogP contribution in [0.3, 0.4) is 0 Å². The Balaban J connectivity index is 2.83. The summed E-state index contributed by atoms with van der Waals surface area (Å²) in [6, 6.07) is 6.09. The number of nitrogens with one attached hydrogen (secondary N) is 1. The van der Waals surface area contributed by atoms with E-state index in [2.05, 4.69) is 9.46 Å². The maximum absolute atomic E-state index is 12.0. The molecule has 19 heavy (non-hydrogen) atoms. The molecule has 0 spiro atoms. The van der Waals surface area contributed by atoms with Crippen LogP contribution >= 0.6 is 0 Å². The van der Waals surface area contributed by atoms with Gasteiger partial charge in [-0.1, -0.05) is 19.1 Å². The molecule has 0 radical (unpaired) electrons. The van der Waals surface area contributed by atoms with E-state index in [-0.39, 0.29) is 23.3 Å². The van der Waals surface area contributed by atoms with Crippen molar-refractivity contribution in [1.29, 1.82) is 0 Å². The Hall–Kier alpha value is -1.40.